The number of hydrogen-bond donors (Lipinski definition) is 4. The summed E-state index contributed by atoms with van der Waals surface area (Å²) in [5.41, 5.74) is 6.27. The lowest BCUT2D eigenvalue weighted by Crippen LogP contribution is -2.52. The number of benzene rings is 3. The van der Waals surface area contributed by atoms with Crippen molar-refractivity contribution in [2.24, 2.45) is 5.73 Å². The van der Waals surface area contributed by atoms with Crippen LogP contribution in [-0.2, 0) is 19.1 Å². The molecule has 3 aromatic carbocycles. The van der Waals surface area contributed by atoms with E-state index >= 15 is 0 Å². The molecule has 2 amide bonds. The molecule has 0 aromatic heterocycles. The third kappa shape index (κ3) is 10.6. The van der Waals surface area contributed by atoms with E-state index in [9.17, 15) is 34.0 Å². The normalized spacial score (nSPS) is 13.2. The summed E-state index contributed by atoms with van der Waals surface area (Å²) in [6.07, 6.45) is -2.36. The molecule has 0 spiro atoms. The quantitative estimate of drug-likeness (QED) is 0.0747. The molecule has 0 radical (unpaired) electrons. The molecule has 0 saturated carbocycles. The van der Waals surface area contributed by atoms with Crippen LogP contribution in [0.1, 0.15) is 35.3 Å². The lowest BCUT2D eigenvalue weighted by Gasteiger charge is -2.25. The lowest BCUT2D eigenvalue weighted by molar-refractivity contribution is -0.387. The molecule has 15 heteroatoms. The Bertz CT molecular complexity index is 1540. The number of amides is 2. The molecule has 5 N–H and O–H groups in total. The van der Waals surface area contributed by atoms with Gasteiger partial charge in [-0.2, -0.15) is 4.39 Å². The number of carbonyl (C=O) groups is 3. The van der Waals surface area contributed by atoms with Crippen molar-refractivity contribution in [3.63, 3.8) is 0 Å². The minimum Gasteiger partial charge on any atom is -0.497 e. The van der Waals surface area contributed by atoms with Crippen molar-refractivity contribution in [3.8, 4) is 11.5 Å². The van der Waals surface area contributed by atoms with Crippen molar-refractivity contribution in [2.45, 2.75) is 56.3 Å². The van der Waals surface area contributed by atoms with Gasteiger partial charge in [-0.1, -0.05) is 50.0 Å². The van der Waals surface area contributed by atoms with Crippen LogP contribution in [0.4, 0.5) is 10.1 Å². The van der Waals surface area contributed by atoms with Crippen LogP contribution in [0, 0.1) is 15.9 Å². The van der Waals surface area contributed by atoms with E-state index in [4.69, 9.17) is 19.9 Å². The highest BCUT2D eigenvalue weighted by molar-refractivity contribution is 6.76. The summed E-state index contributed by atoms with van der Waals surface area (Å²) in [5, 5.41) is 27.2. The molecule has 0 bridgehead atoms. The van der Waals surface area contributed by atoms with Crippen LogP contribution in [0.15, 0.2) is 66.7 Å². The van der Waals surface area contributed by atoms with Gasteiger partial charge in [0.25, 0.3) is 0 Å². The number of methoxy groups -OCH3 is 2. The summed E-state index contributed by atoms with van der Waals surface area (Å²) in [6, 6.07) is 13.3. The monoisotopic (exact) mass is 684 g/mol. The van der Waals surface area contributed by atoms with E-state index in [0.29, 0.717) is 28.7 Å². The van der Waals surface area contributed by atoms with Crippen LogP contribution in [0.3, 0.4) is 0 Å². The number of rotatable bonds is 16. The third-order valence-electron chi connectivity index (χ3n) is 7.44. The smallest absolute Gasteiger partial charge is 0.329 e. The predicted octanol–water partition coefficient (Wildman–Crippen LogP) is 3.77. The Hall–Kier alpha value is -4.86. The summed E-state index contributed by atoms with van der Waals surface area (Å²) in [4.78, 5) is 50.2. The molecular formula is C33H41FN4O9Si. The van der Waals surface area contributed by atoms with E-state index in [1.165, 1.54) is 14.2 Å². The fourth-order valence-electron chi connectivity index (χ4n) is 4.58. The van der Waals surface area contributed by atoms with Crippen LogP contribution in [0.2, 0.25) is 25.7 Å². The molecule has 0 aliphatic rings. The van der Waals surface area contributed by atoms with Crippen LogP contribution < -0.4 is 25.8 Å². The molecule has 0 saturated heterocycles. The SMILES string of the molecule is COc1ccc(C(NC(=O)C[C@H](NC(=O)[C@H](N)[C@H](O)c2ccc(F)c([N+](=O)[O-])c2)C(=O)OCC[Si](C)(C)C)c2ccc(OC)cc2)cc1. The highest BCUT2D eigenvalue weighted by atomic mass is 28.3. The average molecular weight is 685 g/mol. The van der Waals surface area contributed by atoms with Crippen molar-refractivity contribution < 1.29 is 43.0 Å². The highest BCUT2D eigenvalue weighted by Crippen LogP contribution is 2.27. The number of nitro benzene ring substituents is 1. The maximum atomic E-state index is 13.8. The van der Waals surface area contributed by atoms with E-state index in [0.717, 1.165) is 18.2 Å². The standard InChI is InChI=1S/C33H41FN4O9Si/c1-45-23-11-6-20(7-12-23)30(21-8-13-24(46-2)14-9-21)37-28(39)19-26(33(42)47-16-17-48(3,4)5)36-32(41)29(35)31(40)22-10-15-25(34)27(18-22)38(43)44/h6-15,18,26,29-31,40H,16-17,19,35H2,1-5H3,(H,36,41)(H,37,39)/t26-,29+,31+/m0/s1. The fraction of sp³-hybridized carbons (Fsp3) is 0.364. The first kappa shape index (κ1) is 37.6. The van der Waals surface area contributed by atoms with Crippen molar-refractivity contribution in [3.05, 3.63) is 99.4 Å². The summed E-state index contributed by atoms with van der Waals surface area (Å²) >= 11 is 0. The molecule has 0 aliphatic heterocycles. The van der Waals surface area contributed by atoms with E-state index in [-0.39, 0.29) is 12.2 Å². The topological polar surface area (TPSA) is 192 Å². The minimum absolute atomic E-state index is 0.0663. The Labute approximate surface area is 278 Å². The number of nitrogens with two attached hydrogens (primary N) is 1. The van der Waals surface area contributed by atoms with E-state index < -0.39 is 72.9 Å². The second-order valence-electron chi connectivity index (χ2n) is 12.2. The number of carbonyl (C=O) groups excluding carboxylic acids is 3. The van der Waals surface area contributed by atoms with Crippen molar-refractivity contribution in [2.75, 3.05) is 20.8 Å². The molecule has 3 aromatic rings. The first-order chi connectivity index (χ1) is 22.6. The maximum Gasteiger partial charge on any atom is 0.329 e. The van der Waals surface area contributed by atoms with Crippen LogP contribution >= 0.6 is 0 Å². The van der Waals surface area contributed by atoms with E-state index in [1.54, 1.807) is 48.5 Å². The molecule has 48 heavy (non-hydrogen) atoms. The molecule has 0 aliphatic carbocycles. The van der Waals surface area contributed by atoms with Crippen LogP contribution in [-0.4, -0.2) is 68.8 Å². The molecule has 0 unspecified atom stereocenters. The molecule has 0 fully saturated rings. The highest BCUT2D eigenvalue weighted by Gasteiger charge is 2.33. The summed E-state index contributed by atoms with van der Waals surface area (Å²) in [7, 11) is 1.45. The van der Waals surface area contributed by atoms with Gasteiger partial charge < -0.3 is 35.7 Å². The zero-order valence-electron chi connectivity index (χ0n) is 27.4. The Morgan fingerprint density at radius 2 is 1.44 bits per heavy atom. The maximum absolute atomic E-state index is 13.8. The van der Waals surface area contributed by atoms with Gasteiger partial charge in [-0.05, 0) is 53.1 Å². The Kier molecular flexibility index (Phi) is 13.2. The van der Waals surface area contributed by atoms with Gasteiger partial charge in [0.2, 0.25) is 17.6 Å². The molecule has 258 valence electrons. The number of ether oxygens (including phenoxy) is 3. The number of hydrogen-bond acceptors (Lipinski definition) is 10. The Balaban J connectivity index is 1.85. The molecular weight excluding hydrogens is 643 g/mol. The first-order valence-corrected chi connectivity index (χ1v) is 18.8. The van der Waals surface area contributed by atoms with Gasteiger partial charge in [0, 0.05) is 14.1 Å². The third-order valence-corrected chi connectivity index (χ3v) is 9.15. The summed E-state index contributed by atoms with van der Waals surface area (Å²) < 4.78 is 29.8. The molecule has 3 rings (SSSR count). The number of halogens is 1. The average Bonchev–Trinajstić information content (AvgIpc) is 3.05. The van der Waals surface area contributed by atoms with Crippen molar-refractivity contribution in [1.82, 2.24) is 10.6 Å². The van der Waals surface area contributed by atoms with Gasteiger partial charge >= 0.3 is 11.7 Å². The second kappa shape index (κ2) is 16.8. The van der Waals surface area contributed by atoms with Gasteiger partial charge in [0.1, 0.15) is 29.7 Å². The zero-order valence-corrected chi connectivity index (χ0v) is 28.4. The van der Waals surface area contributed by atoms with Gasteiger partial charge in [-0.3, -0.25) is 19.7 Å². The summed E-state index contributed by atoms with van der Waals surface area (Å²) in [5.74, 6) is -2.48. The van der Waals surface area contributed by atoms with Crippen LogP contribution in [0.5, 0.6) is 11.5 Å². The van der Waals surface area contributed by atoms with Gasteiger partial charge in [0.15, 0.2) is 0 Å². The number of nitro groups is 1. The van der Waals surface area contributed by atoms with Gasteiger partial charge in [0.05, 0.1) is 38.2 Å². The molecule has 13 nitrogen and oxygen atoms in total. The summed E-state index contributed by atoms with van der Waals surface area (Å²) in [6.45, 7) is 6.33. The number of esters is 1. The number of nitrogens with zero attached hydrogens (tertiary/aromatic N) is 1. The molecule has 3 atom stereocenters. The lowest BCUT2D eigenvalue weighted by atomic mass is 9.97. The Morgan fingerprint density at radius 1 is 0.917 bits per heavy atom. The fourth-order valence-corrected chi connectivity index (χ4v) is 5.30. The Morgan fingerprint density at radius 3 is 1.92 bits per heavy atom. The van der Waals surface area contributed by atoms with E-state index in [2.05, 4.69) is 30.3 Å². The number of aliphatic hydroxyl groups excluding tert-OH is 1. The molecule has 0 heterocycles. The predicted molar refractivity (Wildman–Crippen MR) is 178 cm³/mol. The second-order valence-corrected chi connectivity index (χ2v) is 17.9. The van der Waals surface area contributed by atoms with Crippen molar-refractivity contribution >= 4 is 31.5 Å². The van der Waals surface area contributed by atoms with Crippen molar-refractivity contribution in [1.29, 1.82) is 0 Å². The first-order valence-electron chi connectivity index (χ1n) is 15.0. The van der Waals surface area contributed by atoms with E-state index in [1.807, 2.05) is 0 Å². The minimum atomic E-state index is -1.81. The number of nitrogens with one attached hydrogen (secondary N) is 2. The largest absolute Gasteiger partial charge is 0.497 e. The zero-order chi connectivity index (χ0) is 35.6. The van der Waals surface area contributed by atoms with Gasteiger partial charge in [-0.15, -0.1) is 0 Å². The van der Waals surface area contributed by atoms with Gasteiger partial charge in [-0.25, -0.2) is 4.79 Å². The van der Waals surface area contributed by atoms with Crippen LogP contribution in [0.25, 0.3) is 0 Å². The number of aliphatic hydroxyl groups is 1.